The fourth-order valence-corrected chi connectivity index (χ4v) is 2.18. The molecule has 13 heavy (non-hydrogen) atoms. The fourth-order valence-electron chi connectivity index (χ4n) is 1.83. The van der Waals surface area contributed by atoms with Crippen molar-refractivity contribution in [2.24, 2.45) is 5.92 Å². The lowest BCUT2D eigenvalue weighted by Crippen LogP contribution is -2.30. The van der Waals surface area contributed by atoms with Gasteiger partial charge >= 0.3 is 0 Å². The van der Waals surface area contributed by atoms with Crippen LogP contribution in [0.3, 0.4) is 0 Å². The first kappa shape index (κ1) is 9.21. The third-order valence-electron chi connectivity index (χ3n) is 2.56. The Bertz CT molecular complexity index is 266. The maximum absolute atomic E-state index is 3.99. The third-order valence-corrected chi connectivity index (χ3v) is 3.24. The van der Waals surface area contributed by atoms with Gasteiger partial charge in [0.2, 0.25) is 0 Å². The molecule has 1 fully saturated rings. The van der Waals surface area contributed by atoms with Gasteiger partial charge in [0.1, 0.15) is 0 Å². The van der Waals surface area contributed by atoms with Crippen molar-refractivity contribution in [3.63, 3.8) is 0 Å². The smallest absolute Gasteiger partial charge is 0.0632 e. The maximum atomic E-state index is 3.99. The molecule has 0 saturated carbocycles. The molecule has 72 valence electrons. The van der Waals surface area contributed by atoms with Crippen molar-refractivity contribution in [2.45, 2.75) is 19.3 Å². The van der Waals surface area contributed by atoms with Crippen LogP contribution in [-0.4, -0.2) is 23.3 Å². The van der Waals surface area contributed by atoms with Crippen LogP contribution in [0.25, 0.3) is 0 Å². The van der Waals surface area contributed by atoms with E-state index in [2.05, 4.69) is 31.4 Å². The number of nitrogens with zero attached hydrogens (tertiary/aromatic N) is 1. The molecule has 1 aromatic rings. The van der Waals surface area contributed by atoms with Gasteiger partial charge in [0.15, 0.2) is 0 Å². The van der Waals surface area contributed by atoms with E-state index in [-0.39, 0.29) is 0 Å². The highest BCUT2D eigenvalue weighted by atomic mass is 79.9. The molecule has 2 N–H and O–H groups in total. The van der Waals surface area contributed by atoms with Crippen molar-refractivity contribution in [3.05, 3.63) is 16.4 Å². The molecule has 0 radical (unpaired) electrons. The van der Waals surface area contributed by atoms with Crippen molar-refractivity contribution in [1.82, 2.24) is 15.5 Å². The number of halogens is 1. The molecule has 0 aromatic carbocycles. The Balaban J connectivity index is 1.93. The third kappa shape index (κ3) is 2.31. The van der Waals surface area contributed by atoms with Gasteiger partial charge in [-0.3, -0.25) is 5.10 Å². The Morgan fingerprint density at radius 3 is 3.15 bits per heavy atom. The first-order valence-electron chi connectivity index (χ1n) is 4.74. The number of hydrogen-bond donors (Lipinski definition) is 2. The minimum atomic E-state index is 0.769. The number of piperidine rings is 1. The summed E-state index contributed by atoms with van der Waals surface area (Å²) in [5.41, 5.74) is 1.23. The number of rotatable bonds is 2. The molecule has 1 saturated heterocycles. The molecule has 1 aliphatic rings. The second-order valence-electron chi connectivity index (χ2n) is 3.61. The lowest BCUT2D eigenvalue weighted by atomic mass is 9.95. The topological polar surface area (TPSA) is 40.7 Å². The predicted octanol–water partition coefficient (Wildman–Crippen LogP) is 1.71. The summed E-state index contributed by atoms with van der Waals surface area (Å²) in [5, 5.41) is 10.4. The van der Waals surface area contributed by atoms with Crippen molar-refractivity contribution >= 4 is 15.9 Å². The average molecular weight is 244 g/mol. The molecule has 2 rings (SSSR count). The summed E-state index contributed by atoms with van der Waals surface area (Å²) in [6.45, 7) is 2.33. The molecule has 0 amide bonds. The van der Waals surface area contributed by atoms with Crippen molar-refractivity contribution in [2.75, 3.05) is 13.1 Å². The molecule has 1 unspecified atom stereocenters. The van der Waals surface area contributed by atoms with Crippen LogP contribution in [0.4, 0.5) is 0 Å². The summed E-state index contributed by atoms with van der Waals surface area (Å²) in [6.07, 6.45) is 5.56. The minimum absolute atomic E-state index is 0.769. The number of aromatic nitrogens is 2. The van der Waals surface area contributed by atoms with Crippen LogP contribution >= 0.6 is 15.9 Å². The number of hydrogen-bond acceptors (Lipinski definition) is 2. The second-order valence-corrected chi connectivity index (χ2v) is 4.47. The van der Waals surface area contributed by atoms with E-state index in [0.717, 1.165) is 23.4 Å². The van der Waals surface area contributed by atoms with E-state index in [1.54, 1.807) is 0 Å². The standard InChI is InChI=1S/C9H14BrN3/c10-8-6-12-13-9(8)4-7-2-1-3-11-5-7/h6-7,11H,1-5H2,(H,12,13). The first-order chi connectivity index (χ1) is 6.36. The highest BCUT2D eigenvalue weighted by Gasteiger charge is 2.15. The van der Waals surface area contributed by atoms with Gasteiger partial charge in [-0.15, -0.1) is 0 Å². The molecule has 2 heterocycles. The highest BCUT2D eigenvalue weighted by Crippen LogP contribution is 2.20. The fraction of sp³-hybridized carbons (Fsp3) is 0.667. The van der Waals surface area contributed by atoms with Crippen LogP contribution < -0.4 is 5.32 Å². The Morgan fingerprint density at radius 2 is 2.54 bits per heavy atom. The second kappa shape index (κ2) is 4.24. The monoisotopic (exact) mass is 243 g/mol. The summed E-state index contributed by atoms with van der Waals surface area (Å²) in [7, 11) is 0. The Kier molecular flexibility index (Phi) is 3.01. The molecule has 1 aliphatic heterocycles. The van der Waals surface area contributed by atoms with Gasteiger partial charge < -0.3 is 5.32 Å². The van der Waals surface area contributed by atoms with E-state index < -0.39 is 0 Å². The molecule has 1 aromatic heterocycles. The molecule has 0 aliphatic carbocycles. The largest absolute Gasteiger partial charge is 0.316 e. The van der Waals surface area contributed by atoms with Crippen LogP contribution in [0.1, 0.15) is 18.5 Å². The molecule has 1 atom stereocenters. The van der Waals surface area contributed by atoms with E-state index in [4.69, 9.17) is 0 Å². The van der Waals surface area contributed by atoms with Gasteiger partial charge in [0.25, 0.3) is 0 Å². The summed E-state index contributed by atoms with van der Waals surface area (Å²) in [4.78, 5) is 0. The summed E-state index contributed by atoms with van der Waals surface area (Å²) >= 11 is 3.48. The molecule has 4 heteroatoms. The lowest BCUT2D eigenvalue weighted by molar-refractivity contribution is 0.373. The average Bonchev–Trinajstić information content (AvgIpc) is 2.54. The van der Waals surface area contributed by atoms with E-state index in [1.807, 2.05) is 6.20 Å². The van der Waals surface area contributed by atoms with E-state index >= 15 is 0 Å². The molecule has 0 spiro atoms. The van der Waals surface area contributed by atoms with Gasteiger partial charge in [0, 0.05) is 5.69 Å². The molecule has 3 nitrogen and oxygen atoms in total. The Morgan fingerprint density at radius 1 is 1.62 bits per heavy atom. The summed E-state index contributed by atoms with van der Waals surface area (Å²) in [5.74, 6) is 0.769. The SMILES string of the molecule is Brc1cn[nH]c1CC1CCCNC1. The zero-order valence-corrected chi connectivity index (χ0v) is 9.10. The van der Waals surface area contributed by atoms with Crippen molar-refractivity contribution in [1.29, 1.82) is 0 Å². The van der Waals surface area contributed by atoms with Crippen LogP contribution in [-0.2, 0) is 6.42 Å². The van der Waals surface area contributed by atoms with Gasteiger partial charge in [-0.1, -0.05) is 0 Å². The van der Waals surface area contributed by atoms with E-state index in [1.165, 1.54) is 25.1 Å². The van der Waals surface area contributed by atoms with Crippen LogP contribution in [0, 0.1) is 5.92 Å². The van der Waals surface area contributed by atoms with E-state index in [9.17, 15) is 0 Å². The zero-order valence-electron chi connectivity index (χ0n) is 7.52. The van der Waals surface area contributed by atoms with Gasteiger partial charge in [-0.05, 0) is 54.2 Å². The summed E-state index contributed by atoms with van der Waals surface area (Å²) in [6, 6.07) is 0. The lowest BCUT2D eigenvalue weighted by Gasteiger charge is -2.22. The van der Waals surface area contributed by atoms with Crippen LogP contribution in [0.15, 0.2) is 10.7 Å². The Hall–Kier alpha value is -0.350. The van der Waals surface area contributed by atoms with Crippen molar-refractivity contribution < 1.29 is 0 Å². The van der Waals surface area contributed by atoms with Gasteiger partial charge in [-0.25, -0.2) is 0 Å². The number of aromatic amines is 1. The van der Waals surface area contributed by atoms with Gasteiger partial charge in [-0.2, -0.15) is 5.10 Å². The van der Waals surface area contributed by atoms with Crippen LogP contribution in [0.5, 0.6) is 0 Å². The highest BCUT2D eigenvalue weighted by molar-refractivity contribution is 9.10. The van der Waals surface area contributed by atoms with Gasteiger partial charge in [0.05, 0.1) is 10.7 Å². The minimum Gasteiger partial charge on any atom is -0.316 e. The predicted molar refractivity (Wildman–Crippen MR) is 55.6 cm³/mol. The molecular formula is C9H14BrN3. The number of H-pyrrole nitrogens is 1. The number of nitrogens with one attached hydrogen (secondary N) is 2. The van der Waals surface area contributed by atoms with E-state index in [0.29, 0.717) is 0 Å². The molecule has 0 bridgehead atoms. The Labute approximate surface area is 86.4 Å². The zero-order chi connectivity index (χ0) is 9.10. The summed E-state index contributed by atoms with van der Waals surface area (Å²) < 4.78 is 1.11. The first-order valence-corrected chi connectivity index (χ1v) is 5.54. The normalized spacial score (nSPS) is 23.3. The maximum Gasteiger partial charge on any atom is 0.0632 e. The quantitative estimate of drug-likeness (QED) is 0.831. The van der Waals surface area contributed by atoms with Crippen LogP contribution in [0.2, 0.25) is 0 Å². The molecular weight excluding hydrogens is 230 g/mol. The van der Waals surface area contributed by atoms with Crippen molar-refractivity contribution in [3.8, 4) is 0 Å².